The van der Waals surface area contributed by atoms with Crippen LogP contribution in [-0.4, -0.2) is 65.3 Å². The molecule has 0 unspecified atom stereocenters. The Bertz CT molecular complexity index is 1140. The number of carbonyl (C=O) groups excluding carboxylic acids is 1. The first-order valence-electron chi connectivity index (χ1n) is 18.5. The molecule has 11 heteroatoms. The lowest BCUT2D eigenvalue weighted by Crippen LogP contribution is -2.51. The number of fused-ring (bicyclic) bond motifs is 5. The van der Waals surface area contributed by atoms with Crippen molar-refractivity contribution < 1.29 is 43.0 Å². The van der Waals surface area contributed by atoms with E-state index in [1.54, 1.807) is 0 Å². The average Bonchev–Trinajstić information content (AvgIpc) is 3.54. The maximum atomic E-state index is 12.7. The number of phosphoric ester groups is 1. The minimum Gasteiger partial charge on any atom is -0.446 e. The van der Waals surface area contributed by atoms with Crippen LogP contribution in [0.5, 0.6) is 0 Å². The third kappa shape index (κ3) is 8.84. The molecule has 5 aliphatic rings. The van der Waals surface area contributed by atoms with Gasteiger partial charge in [-0.1, -0.05) is 65.5 Å². The second-order valence-electron chi connectivity index (χ2n) is 16.4. The van der Waals surface area contributed by atoms with E-state index < -0.39 is 39.0 Å². The first-order chi connectivity index (χ1) is 22.2. The highest BCUT2D eigenvalue weighted by Gasteiger charge is 2.59. The van der Waals surface area contributed by atoms with Gasteiger partial charge in [0, 0.05) is 19.4 Å². The SMILES string of the molecule is CC(C)CCC[C@@H](C)[C@H]1CC[C@H]2[C@@H]3CC=C4C[C@@H](OC(=O)NCCCO[C@@H]5C[C@H](O)[C@@H](COP(=O)(O)O)O5)CC[C@]4(C)[C@H]3CC[C@]12C. The molecular weight excluding hydrogens is 621 g/mol. The molecule has 270 valence electrons. The quantitative estimate of drug-likeness (QED) is 0.0855. The van der Waals surface area contributed by atoms with Crippen LogP contribution in [-0.2, 0) is 23.3 Å². The molecule has 1 saturated heterocycles. The van der Waals surface area contributed by atoms with Crippen molar-refractivity contribution in [1.29, 1.82) is 0 Å². The number of alkyl carbamates (subject to hydrolysis) is 1. The summed E-state index contributed by atoms with van der Waals surface area (Å²) in [5.74, 6) is 4.86. The van der Waals surface area contributed by atoms with Crippen molar-refractivity contribution >= 4 is 13.9 Å². The fraction of sp³-hybridized carbons (Fsp3) is 0.917. The highest BCUT2D eigenvalue weighted by Crippen LogP contribution is 2.67. The highest BCUT2D eigenvalue weighted by atomic mass is 31.2. The van der Waals surface area contributed by atoms with Crippen LogP contribution in [0.25, 0.3) is 0 Å². The van der Waals surface area contributed by atoms with Crippen LogP contribution in [0.1, 0.15) is 118 Å². The van der Waals surface area contributed by atoms with E-state index in [-0.39, 0.29) is 17.9 Å². The van der Waals surface area contributed by atoms with Gasteiger partial charge in [-0.3, -0.25) is 4.52 Å². The maximum absolute atomic E-state index is 12.7. The number of allylic oxidation sites excluding steroid dienone is 1. The summed E-state index contributed by atoms with van der Waals surface area (Å²) in [7, 11) is -4.64. The smallest absolute Gasteiger partial charge is 0.446 e. The van der Waals surface area contributed by atoms with Crippen LogP contribution in [0.4, 0.5) is 4.79 Å². The molecule has 5 rings (SSSR count). The van der Waals surface area contributed by atoms with E-state index in [2.05, 4.69) is 50.5 Å². The van der Waals surface area contributed by atoms with Gasteiger partial charge in [-0.05, 0) is 97.7 Å². The number of carbonyl (C=O) groups is 1. The minimum atomic E-state index is -4.64. The zero-order valence-corrected chi connectivity index (χ0v) is 30.3. The van der Waals surface area contributed by atoms with Crippen LogP contribution >= 0.6 is 7.82 Å². The molecule has 3 saturated carbocycles. The van der Waals surface area contributed by atoms with E-state index in [1.165, 1.54) is 56.9 Å². The van der Waals surface area contributed by atoms with Gasteiger partial charge in [-0.25, -0.2) is 9.36 Å². The van der Waals surface area contributed by atoms with Crippen molar-refractivity contribution in [3.05, 3.63) is 11.6 Å². The highest BCUT2D eigenvalue weighted by molar-refractivity contribution is 7.46. The molecule has 11 atom stereocenters. The number of aliphatic hydroxyl groups excluding tert-OH is 1. The van der Waals surface area contributed by atoms with E-state index in [9.17, 15) is 14.5 Å². The molecule has 4 N–H and O–H groups in total. The minimum absolute atomic E-state index is 0.0980. The summed E-state index contributed by atoms with van der Waals surface area (Å²) < 4.78 is 32.3. The Hall–Kier alpha value is -1.00. The van der Waals surface area contributed by atoms with Crippen molar-refractivity contribution in [2.75, 3.05) is 19.8 Å². The Morgan fingerprint density at radius 1 is 1.09 bits per heavy atom. The monoisotopic (exact) mass is 683 g/mol. The van der Waals surface area contributed by atoms with Crippen molar-refractivity contribution in [3.63, 3.8) is 0 Å². The lowest BCUT2D eigenvalue weighted by Gasteiger charge is -2.58. The fourth-order valence-electron chi connectivity index (χ4n) is 10.5. The molecule has 47 heavy (non-hydrogen) atoms. The average molecular weight is 684 g/mol. The molecule has 4 aliphatic carbocycles. The van der Waals surface area contributed by atoms with Crippen molar-refractivity contribution in [2.24, 2.45) is 46.3 Å². The van der Waals surface area contributed by atoms with Gasteiger partial charge in [0.05, 0.1) is 19.3 Å². The Labute approximate surface area is 282 Å². The van der Waals surface area contributed by atoms with Gasteiger partial charge >= 0.3 is 13.9 Å². The number of phosphoric acid groups is 1. The van der Waals surface area contributed by atoms with E-state index in [4.69, 9.17) is 24.0 Å². The Morgan fingerprint density at radius 2 is 1.87 bits per heavy atom. The number of amides is 1. The third-order valence-corrected chi connectivity index (χ3v) is 13.5. The van der Waals surface area contributed by atoms with Crippen LogP contribution in [0, 0.1) is 46.3 Å². The Morgan fingerprint density at radius 3 is 2.62 bits per heavy atom. The zero-order chi connectivity index (χ0) is 34.0. The number of aliphatic hydroxyl groups is 1. The predicted molar refractivity (Wildman–Crippen MR) is 179 cm³/mol. The maximum Gasteiger partial charge on any atom is 0.469 e. The summed E-state index contributed by atoms with van der Waals surface area (Å²) in [6.45, 7) is 12.6. The van der Waals surface area contributed by atoms with Gasteiger partial charge in [0.1, 0.15) is 12.2 Å². The van der Waals surface area contributed by atoms with Crippen molar-refractivity contribution in [2.45, 2.75) is 143 Å². The van der Waals surface area contributed by atoms with Gasteiger partial charge in [-0.15, -0.1) is 0 Å². The molecule has 4 fully saturated rings. The number of ether oxygens (including phenoxy) is 3. The molecule has 0 spiro atoms. The fourth-order valence-corrected chi connectivity index (χ4v) is 10.9. The second kappa shape index (κ2) is 15.5. The van der Waals surface area contributed by atoms with Crippen LogP contribution in [0.15, 0.2) is 11.6 Å². The Balaban J connectivity index is 1.04. The summed E-state index contributed by atoms with van der Waals surface area (Å²) in [6.07, 6.45) is 13.9. The number of hydrogen-bond acceptors (Lipinski definition) is 7. The summed E-state index contributed by atoms with van der Waals surface area (Å²) in [6, 6.07) is 0. The van der Waals surface area contributed by atoms with Crippen LogP contribution in [0.3, 0.4) is 0 Å². The molecule has 0 aromatic heterocycles. The first-order valence-corrected chi connectivity index (χ1v) is 20.0. The summed E-state index contributed by atoms with van der Waals surface area (Å²) in [5, 5.41) is 12.9. The molecule has 1 aliphatic heterocycles. The van der Waals surface area contributed by atoms with E-state index >= 15 is 0 Å². The van der Waals surface area contributed by atoms with E-state index in [1.807, 2.05) is 0 Å². The lowest BCUT2D eigenvalue weighted by atomic mass is 9.47. The number of hydrogen-bond donors (Lipinski definition) is 4. The van der Waals surface area contributed by atoms with Gasteiger partial charge in [0.25, 0.3) is 0 Å². The first kappa shape index (κ1) is 37.3. The number of nitrogens with one attached hydrogen (secondary N) is 1. The van der Waals surface area contributed by atoms with E-state index in [0.717, 1.165) is 54.8 Å². The van der Waals surface area contributed by atoms with Gasteiger partial charge < -0.3 is 34.4 Å². The predicted octanol–water partition coefficient (Wildman–Crippen LogP) is 7.11. The number of rotatable bonds is 14. The Kier molecular flexibility index (Phi) is 12.3. The normalized spacial score (nSPS) is 39.1. The molecule has 0 aromatic carbocycles. The molecule has 10 nitrogen and oxygen atoms in total. The van der Waals surface area contributed by atoms with Crippen molar-refractivity contribution in [3.8, 4) is 0 Å². The molecule has 1 amide bonds. The topological polar surface area (TPSA) is 144 Å². The molecule has 0 radical (unpaired) electrons. The van der Waals surface area contributed by atoms with Crippen LogP contribution in [0.2, 0.25) is 0 Å². The third-order valence-electron chi connectivity index (χ3n) is 13.0. The summed E-state index contributed by atoms with van der Waals surface area (Å²) in [4.78, 5) is 30.3. The largest absolute Gasteiger partial charge is 0.469 e. The van der Waals surface area contributed by atoms with Gasteiger partial charge in [0.2, 0.25) is 0 Å². The summed E-state index contributed by atoms with van der Waals surface area (Å²) >= 11 is 0. The van der Waals surface area contributed by atoms with Crippen molar-refractivity contribution in [1.82, 2.24) is 5.32 Å². The summed E-state index contributed by atoms with van der Waals surface area (Å²) in [5.41, 5.74) is 2.22. The lowest BCUT2D eigenvalue weighted by molar-refractivity contribution is -0.142. The van der Waals surface area contributed by atoms with E-state index in [0.29, 0.717) is 25.0 Å². The molecule has 0 bridgehead atoms. The van der Waals surface area contributed by atoms with Crippen LogP contribution < -0.4 is 5.32 Å². The zero-order valence-electron chi connectivity index (χ0n) is 29.4. The standard InChI is InChI=1S/C36H62NO9P/c1-23(2)8-6-9-24(3)28-12-13-29-27-11-10-25-20-26(14-16-35(25,4)30(27)15-17-36(28,29)5)45-34(39)37-18-7-19-43-33-21-31(38)32(46-33)22-44-47(40,41)42/h10,23-24,26-33,38H,6-9,11-22H2,1-5H3,(H,37,39)(H2,40,41,42)/t24-,26+,27+,28-,29+,30+,31+,32-,33+,35+,36-/m1/s1. The van der Waals surface area contributed by atoms with Gasteiger partial charge in [0.15, 0.2) is 6.29 Å². The second-order valence-corrected chi connectivity index (χ2v) is 17.6. The molecular formula is C36H62NO9P. The van der Waals surface area contributed by atoms with Gasteiger partial charge in [-0.2, -0.15) is 0 Å². The molecule has 1 heterocycles. The molecule has 0 aromatic rings.